The van der Waals surface area contributed by atoms with Gasteiger partial charge in [0.05, 0.1) is 0 Å². The molecular weight excluding hydrogens is 254 g/mol. The number of hydrogen-bond donors (Lipinski definition) is 0. The molecule has 1 saturated heterocycles. The van der Waals surface area contributed by atoms with E-state index in [1.165, 1.54) is 12.8 Å². The normalized spacial score (nSPS) is 20.6. The van der Waals surface area contributed by atoms with Crippen LogP contribution in [0, 0.1) is 5.92 Å². The number of halogens is 1. The molecule has 3 nitrogen and oxygen atoms in total. The molecule has 0 aliphatic carbocycles. The predicted octanol–water partition coefficient (Wildman–Crippen LogP) is 2.42. The Labute approximate surface area is 99.6 Å². The van der Waals surface area contributed by atoms with E-state index >= 15 is 0 Å². The van der Waals surface area contributed by atoms with Gasteiger partial charge in [-0.25, -0.2) is 4.98 Å². The highest BCUT2D eigenvalue weighted by molar-refractivity contribution is 9.09. The summed E-state index contributed by atoms with van der Waals surface area (Å²) in [6.07, 6.45) is 6.40. The standard InChI is InChI=1S/C11H18BrN3/c1-9(12)10-3-6-15(7-4-10)11-13-5-8-14(11)2/h5,8-10H,3-4,6-7H2,1-2H3. The summed E-state index contributed by atoms with van der Waals surface area (Å²) >= 11 is 3.68. The number of hydrogen-bond acceptors (Lipinski definition) is 2. The lowest BCUT2D eigenvalue weighted by Crippen LogP contribution is -2.37. The molecule has 0 bridgehead atoms. The largest absolute Gasteiger partial charge is 0.342 e. The average molecular weight is 272 g/mol. The fraction of sp³-hybridized carbons (Fsp3) is 0.727. The number of aryl methyl sites for hydroxylation is 1. The van der Waals surface area contributed by atoms with Gasteiger partial charge in [-0.3, -0.25) is 0 Å². The van der Waals surface area contributed by atoms with Crippen LogP contribution in [0.2, 0.25) is 0 Å². The maximum absolute atomic E-state index is 4.39. The van der Waals surface area contributed by atoms with E-state index in [-0.39, 0.29) is 0 Å². The van der Waals surface area contributed by atoms with Crippen molar-refractivity contribution in [1.29, 1.82) is 0 Å². The van der Waals surface area contributed by atoms with Crippen LogP contribution in [-0.4, -0.2) is 27.5 Å². The van der Waals surface area contributed by atoms with Crippen LogP contribution in [0.15, 0.2) is 12.4 Å². The molecule has 1 atom stereocenters. The molecule has 4 heteroatoms. The molecular formula is C11H18BrN3. The second kappa shape index (κ2) is 4.56. The van der Waals surface area contributed by atoms with Crippen LogP contribution < -0.4 is 4.90 Å². The topological polar surface area (TPSA) is 21.1 Å². The molecule has 0 spiro atoms. The summed E-state index contributed by atoms with van der Waals surface area (Å²) in [5.41, 5.74) is 0. The molecule has 1 unspecified atom stereocenters. The fourth-order valence-electron chi connectivity index (χ4n) is 2.22. The minimum atomic E-state index is 0.640. The van der Waals surface area contributed by atoms with Crippen molar-refractivity contribution in [3.8, 4) is 0 Å². The smallest absolute Gasteiger partial charge is 0.205 e. The minimum absolute atomic E-state index is 0.640. The van der Waals surface area contributed by atoms with Crippen LogP contribution in [0.1, 0.15) is 19.8 Å². The Balaban J connectivity index is 1.97. The molecule has 0 aromatic carbocycles. The van der Waals surface area contributed by atoms with Gasteiger partial charge in [-0.15, -0.1) is 0 Å². The molecule has 0 amide bonds. The van der Waals surface area contributed by atoms with Crippen molar-refractivity contribution in [1.82, 2.24) is 9.55 Å². The summed E-state index contributed by atoms with van der Waals surface area (Å²) in [7, 11) is 2.06. The number of alkyl halides is 1. The molecule has 0 radical (unpaired) electrons. The van der Waals surface area contributed by atoms with E-state index in [1.54, 1.807) is 0 Å². The minimum Gasteiger partial charge on any atom is -0.342 e. The first kappa shape index (κ1) is 11.0. The zero-order valence-electron chi connectivity index (χ0n) is 9.36. The highest BCUT2D eigenvalue weighted by Crippen LogP contribution is 2.26. The number of nitrogens with zero attached hydrogens (tertiary/aromatic N) is 3. The summed E-state index contributed by atoms with van der Waals surface area (Å²) in [6, 6.07) is 0. The summed E-state index contributed by atoms with van der Waals surface area (Å²) in [4.78, 5) is 7.41. The second-order valence-corrected chi connectivity index (χ2v) is 5.78. The Morgan fingerprint density at radius 3 is 2.60 bits per heavy atom. The van der Waals surface area contributed by atoms with Gasteiger partial charge in [0.15, 0.2) is 0 Å². The highest BCUT2D eigenvalue weighted by Gasteiger charge is 2.23. The first-order chi connectivity index (χ1) is 7.18. The molecule has 0 saturated carbocycles. The molecule has 1 aliphatic rings. The predicted molar refractivity (Wildman–Crippen MR) is 66.5 cm³/mol. The number of imidazole rings is 1. The molecule has 1 aromatic rings. The van der Waals surface area contributed by atoms with Crippen LogP contribution in [0.25, 0.3) is 0 Å². The van der Waals surface area contributed by atoms with Crippen molar-refractivity contribution >= 4 is 21.9 Å². The van der Waals surface area contributed by atoms with Gasteiger partial charge in [0, 0.05) is 37.4 Å². The van der Waals surface area contributed by atoms with Gasteiger partial charge in [-0.2, -0.15) is 0 Å². The summed E-state index contributed by atoms with van der Waals surface area (Å²) in [5, 5.41) is 0. The first-order valence-electron chi connectivity index (χ1n) is 5.55. The first-order valence-corrected chi connectivity index (χ1v) is 6.46. The van der Waals surface area contributed by atoms with E-state index < -0.39 is 0 Å². The van der Waals surface area contributed by atoms with Crippen molar-refractivity contribution in [3.63, 3.8) is 0 Å². The van der Waals surface area contributed by atoms with E-state index in [2.05, 4.69) is 44.4 Å². The zero-order valence-corrected chi connectivity index (χ0v) is 10.9. The molecule has 84 valence electrons. The van der Waals surface area contributed by atoms with Gasteiger partial charge in [-0.1, -0.05) is 22.9 Å². The lowest BCUT2D eigenvalue weighted by Gasteiger charge is -2.33. The van der Waals surface area contributed by atoms with E-state index in [9.17, 15) is 0 Å². The Morgan fingerprint density at radius 1 is 1.47 bits per heavy atom. The van der Waals surface area contributed by atoms with Gasteiger partial charge in [0.2, 0.25) is 5.95 Å². The van der Waals surface area contributed by atoms with E-state index in [1.807, 2.05) is 12.4 Å². The number of piperidine rings is 1. The van der Waals surface area contributed by atoms with Gasteiger partial charge < -0.3 is 9.47 Å². The van der Waals surface area contributed by atoms with Crippen LogP contribution in [0.4, 0.5) is 5.95 Å². The van der Waals surface area contributed by atoms with Gasteiger partial charge >= 0.3 is 0 Å². The molecule has 15 heavy (non-hydrogen) atoms. The maximum Gasteiger partial charge on any atom is 0.205 e. The van der Waals surface area contributed by atoms with Gasteiger partial charge in [0.25, 0.3) is 0 Å². The lowest BCUT2D eigenvalue weighted by atomic mass is 9.94. The molecule has 1 aromatic heterocycles. The number of rotatable bonds is 2. The summed E-state index contributed by atoms with van der Waals surface area (Å²) in [6.45, 7) is 4.51. The third-order valence-corrected chi connectivity index (χ3v) is 4.02. The molecule has 1 fully saturated rings. The summed E-state index contributed by atoms with van der Waals surface area (Å²) in [5.74, 6) is 1.93. The number of aromatic nitrogens is 2. The van der Waals surface area contributed by atoms with Crippen LogP contribution in [-0.2, 0) is 7.05 Å². The Bertz CT molecular complexity index is 313. The number of anilines is 1. The van der Waals surface area contributed by atoms with Crippen molar-refractivity contribution in [2.45, 2.75) is 24.6 Å². The third-order valence-electron chi connectivity index (χ3n) is 3.27. The van der Waals surface area contributed by atoms with Crippen LogP contribution in [0.5, 0.6) is 0 Å². The summed E-state index contributed by atoms with van der Waals surface area (Å²) < 4.78 is 2.10. The van der Waals surface area contributed by atoms with Crippen molar-refractivity contribution in [3.05, 3.63) is 12.4 Å². The quantitative estimate of drug-likeness (QED) is 0.771. The van der Waals surface area contributed by atoms with Crippen molar-refractivity contribution in [2.75, 3.05) is 18.0 Å². The van der Waals surface area contributed by atoms with Crippen LogP contribution >= 0.6 is 15.9 Å². The molecule has 2 heterocycles. The van der Waals surface area contributed by atoms with Crippen LogP contribution in [0.3, 0.4) is 0 Å². The highest BCUT2D eigenvalue weighted by atomic mass is 79.9. The van der Waals surface area contributed by atoms with Crippen molar-refractivity contribution < 1.29 is 0 Å². The third kappa shape index (κ3) is 2.36. The van der Waals surface area contributed by atoms with E-state index in [0.717, 1.165) is 25.0 Å². The maximum atomic E-state index is 4.39. The Morgan fingerprint density at radius 2 is 2.13 bits per heavy atom. The average Bonchev–Trinajstić information content (AvgIpc) is 2.65. The molecule has 0 N–H and O–H groups in total. The Kier molecular flexibility index (Phi) is 3.34. The molecule has 1 aliphatic heterocycles. The fourth-order valence-corrected chi connectivity index (χ4v) is 2.75. The van der Waals surface area contributed by atoms with E-state index in [4.69, 9.17) is 0 Å². The monoisotopic (exact) mass is 271 g/mol. The van der Waals surface area contributed by atoms with E-state index in [0.29, 0.717) is 4.83 Å². The SMILES string of the molecule is CC(Br)C1CCN(c2nccn2C)CC1. The lowest BCUT2D eigenvalue weighted by molar-refractivity contribution is 0.402. The van der Waals surface area contributed by atoms with Gasteiger partial charge in [-0.05, 0) is 18.8 Å². The second-order valence-electron chi connectivity index (χ2n) is 4.34. The van der Waals surface area contributed by atoms with Gasteiger partial charge in [0.1, 0.15) is 0 Å². The van der Waals surface area contributed by atoms with Crippen molar-refractivity contribution in [2.24, 2.45) is 13.0 Å². The zero-order chi connectivity index (χ0) is 10.8. The molecule has 2 rings (SSSR count). The Hall–Kier alpha value is -0.510.